The number of halogens is 1. The predicted molar refractivity (Wildman–Crippen MR) is 100 cm³/mol. The lowest BCUT2D eigenvalue weighted by Gasteiger charge is -2.31. The van der Waals surface area contributed by atoms with E-state index in [1.807, 2.05) is 6.07 Å². The topological polar surface area (TPSA) is 55.6 Å². The van der Waals surface area contributed by atoms with Crippen molar-refractivity contribution in [1.29, 1.82) is 0 Å². The molecule has 0 bridgehead atoms. The molecule has 1 heterocycles. The molecule has 0 atom stereocenters. The number of ether oxygens (including phenoxy) is 1. The van der Waals surface area contributed by atoms with Gasteiger partial charge in [-0.05, 0) is 49.5 Å². The molecule has 0 spiro atoms. The van der Waals surface area contributed by atoms with E-state index in [1.54, 1.807) is 12.1 Å². The molecule has 6 heteroatoms. The second kappa shape index (κ2) is 9.39. The second-order valence-electron chi connectivity index (χ2n) is 6.27. The number of hydrogen-bond acceptors (Lipinski definition) is 4. The van der Waals surface area contributed by atoms with Crippen LogP contribution in [-0.4, -0.2) is 29.5 Å². The molecule has 5 nitrogen and oxygen atoms in total. The number of nitrogens with zero attached hydrogens (tertiary/aromatic N) is 2. The van der Waals surface area contributed by atoms with Gasteiger partial charge < -0.3 is 4.74 Å². The van der Waals surface area contributed by atoms with Gasteiger partial charge in [-0.1, -0.05) is 30.3 Å². The maximum atomic E-state index is 10.6. The fourth-order valence-corrected chi connectivity index (χ4v) is 3.03. The molecule has 0 amide bonds. The molecular formula is C19H23ClN2O3. The van der Waals surface area contributed by atoms with Crippen molar-refractivity contribution in [2.75, 3.05) is 19.7 Å². The Kier molecular flexibility index (Phi) is 7.22. The first-order valence-corrected chi connectivity index (χ1v) is 8.34. The van der Waals surface area contributed by atoms with Gasteiger partial charge in [0, 0.05) is 18.7 Å². The minimum absolute atomic E-state index is 0. The van der Waals surface area contributed by atoms with Gasteiger partial charge in [-0.15, -0.1) is 12.4 Å². The van der Waals surface area contributed by atoms with E-state index in [0.29, 0.717) is 18.3 Å². The highest BCUT2D eigenvalue weighted by molar-refractivity contribution is 5.85. The first-order chi connectivity index (χ1) is 11.7. The molecule has 1 fully saturated rings. The van der Waals surface area contributed by atoms with Gasteiger partial charge in [0.1, 0.15) is 5.75 Å². The van der Waals surface area contributed by atoms with Crippen molar-refractivity contribution in [3.63, 3.8) is 0 Å². The van der Waals surface area contributed by atoms with E-state index in [-0.39, 0.29) is 18.1 Å². The van der Waals surface area contributed by atoms with E-state index in [1.165, 1.54) is 17.7 Å². The first kappa shape index (κ1) is 19.2. The second-order valence-corrected chi connectivity index (χ2v) is 6.27. The number of rotatable bonds is 6. The van der Waals surface area contributed by atoms with Gasteiger partial charge in [0.15, 0.2) is 0 Å². The highest BCUT2D eigenvalue weighted by Crippen LogP contribution is 2.22. The number of benzene rings is 2. The van der Waals surface area contributed by atoms with E-state index in [2.05, 4.69) is 29.2 Å². The van der Waals surface area contributed by atoms with Crippen LogP contribution in [0.2, 0.25) is 0 Å². The third-order valence-electron chi connectivity index (χ3n) is 4.49. The Labute approximate surface area is 154 Å². The summed E-state index contributed by atoms with van der Waals surface area (Å²) in [5.74, 6) is 1.25. The summed E-state index contributed by atoms with van der Waals surface area (Å²) in [6, 6.07) is 16.9. The van der Waals surface area contributed by atoms with Crippen molar-refractivity contribution in [1.82, 2.24) is 4.90 Å². The smallest absolute Gasteiger partial charge is 0.269 e. The molecule has 0 saturated carbocycles. The predicted octanol–water partition coefficient (Wildman–Crippen LogP) is 4.31. The molecule has 2 aromatic rings. The Morgan fingerprint density at radius 2 is 1.68 bits per heavy atom. The molecule has 0 unspecified atom stereocenters. The minimum atomic E-state index is -0.397. The summed E-state index contributed by atoms with van der Waals surface area (Å²) in [6.07, 6.45) is 2.25. The zero-order chi connectivity index (χ0) is 16.8. The molecule has 2 aromatic carbocycles. The van der Waals surface area contributed by atoms with Crippen LogP contribution < -0.4 is 4.74 Å². The van der Waals surface area contributed by atoms with Crippen LogP contribution in [0.3, 0.4) is 0 Å². The number of hydrogen-bond donors (Lipinski definition) is 0. The molecule has 1 saturated heterocycles. The van der Waals surface area contributed by atoms with Crippen molar-refractivity contribution in [2.45, 2.75) is 19.4 Å². The molecular weight excluding hydrogens is 340 g/mol. The van der Waals surface area contributed by atoms with Gasteiger partial charge in [0.2, 0.25) is 0 Å². The summed E-state index contributed by atoms with van der Waals surface area (Å²) in [5.41, 5.74) is 1.45. The fourth-order valence-electron chi connectivity index (χ4n) is 3.03. The highest BCUT2D eigenvalue weighted by atomic mass is 35.5. The molecule has 0 N–H and O–H groups in total. The Balaban J connectivity index is 0.00000225. The van der Waals surface area contributed by atoms with E-state index < -0.39 is 4.92 Å². The Morgan fingerprint density at radius 3 is 2.28 bits per heavy atom. The Bertz CT molecular complexity index is 656. The van der Waals surface area contributed by atoms with Crippen molar-refractivity contribution < 1.29 is 9.66 Å². The SMILES string of the molecule is Cl.O=[N+]([O-])c1ccc(OCC2CCN(Cc3ccccc3)CC2)cc1. The lowest BCUT2D eigenvalue weighted by molar-refractivity contribution is -0.384. The Hall–Kier alpha value is -2.11. The molecule has 1 aliphatic heterocycles. The number of piperidine rings is 1. The van der Waals surface area contributed by atoms with Crippen LogP contribution in [0.1, 0.15) is 18.4 Å². The van der Waals surface area contributed by atoms with E-state index in [9.17, 15) is 10.1 Å². The van der Waals surface area contributed by atoms with Gasteiger partial charge >= 0.3 is 0 Å². The van der Waals surface area contributed by atoms with Crippen LogP contribution >= 0.6 is 12.4 Å². The van der Waals surface area contributed by atoms with E-state index in [4.69, 9.17) is 4.74 Å². The highest BCUT2D eigenvalue weighted by Gasteiger charge is 2.19. The lowest BCUT2D eigenvalue weighted by Crippen LogP contribution is -2.35. The summed E-state index contributed by atoms with van der Waals surface area (Å²) in [7, 11) is 0. The summed E-state index contributed by atoms with van der Waals surface area (Å²) >= 11 is 0. The number of nitro groups is 1. The summed E-state index contributed by atoms with van der Waals surface area (Å²) in [4.78, 5) is 12.7. The molecule has 0 aliphatic carbocycles. The van der Waals surface area contributed by atoms with Gasteiger partial charge in [-0.2, -0.15) is 0 Å². The van der Waals surface area contributed by atoms with Gasteiger partial charge in [-0.3, -0.25) is 15.0 Å². The quantitative estimate of drug-likeness (QED) is 0.567. The van der Waals surface area contributed by atoms with Gasteiger partial charge in [0.25, 0.3) is 5.69 Å². The van der Waals surface area contributed by atoms with Crippen molar-refractivity contribution in [2.24, 2.45) is 5.92 Å². The number of non-ortho nitro benzene ring substituents is 1. The normalized spacial score (nSPS) is 15.4. The van der Waals surface area contributed by atoms with Crippen LogP contribution in [-0.2, 0) is 6.54 Å². The van der Waals surface area contributed by atoms with E-state index >= 15 is 0 Å². The fraction of sp³-hybridized carbons (Fsp3) is 0.368. The maximum Gasteiger partial charge on any atom is 0.269 e. The van der Waals surface area contributed by atoms with Crippen LogP contribution in [0, 0.1) is 16.0 Å². The monoisotopic (exact) mass is 362 g/mol. The average Bonchev–Trinajstić information content (AvgIpc) is 2.62. The van der Waals surface area contributed by atoms with Gasteiger partial charge in [-0.25, -0.2) is 0 Å². The lowest BCUT2D eigenvalue weighted by atomic mass is 9.97. The zero-order valence-corrected chi connectivity index (χ0v) is 14.9. The van der Waals surface area contributed by atoms with Crippen LogP contribution in [0.5, 0.6) is 5.75 Å². The largest absolute Gasteiger partial charge is 0.493 e. The molecule has 134 valence electrons. The van der Waals surface area contributed by atoms with Crippen LogP contribution in [0.15, 0.2) is 54.6 Å². The standard InChI is InChI=1S/C19H22N2O3.ClH/c22-21(23)18-6-8-19(9-7-18)24-15-17-10-12-20(13-11-17)14-16-4-2-1-3-5-16;/h1-9,17H,10-15H2;1H. The molecule has 3 rings (SSSR count). The third-order valence-corrected chi connectivity index (χ3v) is 4.49. The van der Waals surface area contributed by atoms with Gasteiger partial charge in [0.05, 0.1) is 11.5 Å². The van der Waals surface area contributed by atoms with Crippen LogP contribution in [0.25, 0.3) is 0 Å². The van der Waals surface area contributed by atoms with Crippen LogP contribution in [0.4, 0.5) is 5.69 Å². The van der Waals surface area contributed by atoms with Crippen molar-refractivity contribution in [3.05, 3.63) is 70.3 Å². The van der Waals surface area contributed by atoms with E-state index in [0.717, 1.165) is 32.5 Å². The maximum absolute atomic E-state index is 10.6. The Morgan fingerprint density at radius 1 is 1.04 bits per heavy atom. The summed E-state index contributed by atoms with van der Waals surface area (Å²) in [5, 5.41) is 10.6. The minimum Gasteiger partial charge on any atom is -0.493 e. The van der Waals surface area contributed by atoms with Crippen molar-refractivity contribution in [3.8, 4) is 5.75 Å². The average molecular weight is 363 g/mol. The first-order valence-electron chi connectivity index (χ1n) is 8.34. The molecule has 1 aliphatic rings. The number of nitro benzene ring substituents is 1. The van der Waals surface area contributed by atoms with Crippen molar-refractivity contribution >= 4 is 18.1 Å². The number of likely N-dealkylation sites (tertiary alicyclic amines) is 1. The summed E-state index contributed by atoms with van der Waals surface area (Å²) < 4.78 is 5.79. The molecule has 25 heavy (non-hydrogen) atoms. The molecule has 0 aromatic heterocycles. The molecule has 0 radical (unpaired) electrons. The third kappa shape index (κ3) is 5.73. The summed E-state index contributed by atoms with van der Waals surface area (Å²) in [6.45, 7) is 3.86. The zero-order valence-electron chi connectivity index (χ0n) is 14.0.